The van der Waals surface area contributed by atoms with Gasteiger partial charge in [-0.15, -0.1) is 0 Å². The molecule has 4 heteroatoms. The summed E-state index contributed by atoms with van der Waals surface area (Å²) in [5.74, 6) is -0.497. The molecule has 3 aromatic carbocycles. The summed E-state index contributed by atoms with van der Waals surface area (Å²) in [6.45, 7) is 0. The Kier molecular flexibility index (Phi) is 3.20. The van der Waals surface area contributed by atoms with Crippen molar-refractivity contribution in [1.29, 1.82) is 0 Å². The lowest BCUT2D eigenvalue weighted by atomic mass is 10.1. The van der Waals surface area contributed by atoms with Crippen LogP contribution in [0.1, 0.15) is 0 Å². The molecule has 0 aliphatic carbocycles. The normalized spacial score (nSPS) is 10.7. The van der Waals surface area contributed by atoms with Gasteiger partial charge in [-0.1, -0.05) is 48.0 Å². The van der Waals surface area contributed by atoms with E-state index in [0.29, 0.717) is 11.4 Å². The summed E-state index contributed by atoms with van der Waals surface area (Å²) in [4.78, 5) is 0. The van der Waals surface area contributed by atoms with E-state index in [1.807, 2.05) is 42.5 Å². The van der Waals surface area contributed by atoms with E-state index < -0.39 is 5.82 Å². The highest BCUT2D eigenvalue weighted by Gasteiger charge is 2.08. The Labute approximate surface area is 121 Å². The minimum absolute atomic E-state index is 0.0194. The zero-order valence-corrected chi connectivity index (χ0v) is 11.3. The second kappa shape index (κ2) is 5.02. The van der Waals surface area contributed by atoms with E-state index in [4.69, 9.17) is 17.3 Å². The number of hydrogen-bond donors (Lipinski definition) is 2. The summed E-state index contributed by atoms with van der Waals surface area (Å²) in [5, 5.41) is 5.33. The Morgan fingerprint density at radius 2 is 1.70 bits per heavy atom. The maximum atomic E-state index is 13.5. The second-order valence-electron chi connectivity index (χ2n) is 4.51. The number of nitrogen functional groups attached to an aromatic ring is 1. The minimum atomic E-state index is -0.497. The van der Waals surface area contributed by atoms with E-state index in [1.54, 1.807) is 0 Å². The van der Waals surface area contributed by atoms with Crippen LogP contribution in [-0.4, -0.2) is 0 Å². The fraction of sp³-hybridized carbons (Fsp3) is 0. The molecule has 0 saturated heterocycles. The molecule has 0 spiro atoms. The average molecular weight is 287 g/mol. The van der Waals surface area contributed by atoms with Crippen LogP contribution in [-0.2, 0) is 0 Å². The molecule has 20 heavy (non-hydrogen) atoms. The first-order valence-electron chi connectivity index (χ1n) is 6.14. The number of hydrogen-bond acceptors (Lipinski definition) is 2. The number of nitrogens with one attached hydrogen (secondary N) is 1. The first kappa shape index (κ1) is 12.8. The van der Waals surface area contributed by atoms with Gasteiger partial charge in [0.25, 0.3) is 0 Å². The molecular formula is C16H12ClFN2. The molecule has 0 amide bonds. The van der Waals surface area contributed by atoms with Crippen LogP contribution < -0.4 is 11.1 Å². The molecule has 0 heterocycles. The molecule has 0 fully saturated rings. The van der Waals surface area contributed by atoms with Crippen molar-refractivity contribution in [2.75, 3.05) is 11.1 Å². The monoisotopic (exact) mass is 286 g/mol. The topological polar surface area (TPSA) is 38.0 Å². The van der Waals surface area contributed by atoms with Gasteiger partial charge >= 0.3 is 0 Å². The van der Waals surface area contributed by atoms with Crippen LogP contribution in [0.25, 0.3) is 10.8 Å². The van der Waals surface area contributed by atoms with E-state index in [2.05, 4.69) is 5.32 Å². The first-order chi connectivity index (χ1) is 9.65. The van der Waals surface area contributed by atoms with Gasteiger partial charge in [0.05, 0.1) is 16.4 Å². The van der Waals surface area contributed by atoms with Gasteiger partial charge in [-0.2, -0.15) is 0 Å². The van der Waals surface area contributed by atoms with Gasteiger partial charge in [0.2, 0.25) is 0 Å². The third-order valence-corrected chi connectivity index (χ3v) is 3.44. The van der Waals surface area contributed by atoms with Crippen molar-refractivity contribution in [1.82, 2.24) is 0 Å². The molecule has 0 aromatic heterocycles. The number of halogens is 2. The van der Waals surface area contributed by atoms with Crippen molar-refractivity contribution in [2.24, 2.45) is 0 Å². The van der Waals surface area contributed by atoms with Gasteiger partial charge in [0, 0.05) is 17.1 Å². The second-order valence-corrected chi connectivity index (χ2v) is 4.91. The number of nitrogens with two attached hydrogens (primary N) is 1. The Balaban J connectivity index is 2.08. The van der Waals surface area contributed by atoms with Crippen molar-refractivity contribution in [2.45, 2.75) is 0 Å². The third-order valence-electron chi connectivity index (χ3n) is 3.15. The van der Waals surface area contributed by atoms with E-state index in [-0.39, 0.29) is 5.02 Å². The molecule has 100 valence electrons. The Morgan fingerprint density at radius 1 is 0.950 bits per heavy atom. The van der Waals surface area contributed by atoms with E-state index in [1.165, 1.54) is 12.1 Å². The van der Waals surface area contributed by atoms with Gasteiger partial charge in [-0.05, 0) is 17.5 Å². The maximum Gasteiger partial charge on any atom is 0.144 e. The molecule has 3 N–H and O–H groups in total. The molecule has 0 aliphatic heterocycles. The molecule has 3 aromatic rings. The molecule has 2 nitrogen and oxygen atoms in total. The predicted octanol–water partition coefficient (Wildman–Crippen LogP) is 4.96. The van der Waals surface area contributed by atoms with Crippen LogP contribution >= 0.6 is 11.6 Å². The fourth-order valence-electron chi connectivity index (χ4n) is 2.15. The van der Waals surface area contributed by atoms with Gasteiger partial charge in [-0.3, -0.25) is 0 Å². The summed E-state index contributed by atoms with van der Waals surface area (Å²) in [7, 11) is 0. The Bertz CT molecular complexity index is 781. The predicted molar refractivity (Wildman–Crippen MR) is 83.1 cm³/mol. The molecule has 3 rings (SSSR count). The number of benzene rings is 3. The lowest BCUT2D eigenvalue weighted by molar-refractivity contribution is 0.629. The SMILES string of the molecule is Nc1cc(Cl)c(F)cc1Nc1cccc2ccccc12. The average Bonchev–Trinajstić information content (AvgIpc) is 2.45. The Hall–Kier alpha value is -2.26. The van der Waals surface area contributed by atoms with Gasteiger partial charge < -0.3 is 11.1 Å². The largest absolute Gasteiger partial charge is 0.397 e. The molecule has 0 radical (unpaired) electrons. The van der Waals surface area contributed by atoms with Crippen LogP contribution in [0.4, 0.5) is 21.5 Å². The summed E-state index contributed by atoms with van der Waals surface area (Å²) in [5.41, 5.74) is 7.65. The van der Waals surface area contributed by atoms with Gasteiger partial charge in [0.15, 0.2) is 0 Å². The van der Waals surface area contributed by atoms with E-state index in [0.717, 1.165) is 16.5 Å². The summed E-state index contributed by atoms with van der Waals surface area (Å²) in [6.07, 6.45) is 0. The molecule has 0 bridgehead atoms. The maximum absolute atomic E-state index is 13.5. The molecule has 0 saturated carbocycles. The van der Waals surface area contributed by atoms with E-state index >= 15 is 0 Å². The lowest BCUT2D eigenvalue weighted by Gasteiger charge is -2.12. The smallest absolute Gasteiger partial charge is 0.144 e. The summed E-state index contributed by atoms with van der Waals surface area (Å²) >= 11 is 5.70. The number of anilines is 3. The van der Waals surface area contributed by atoms with Crippen molar-refractivity contribution >= 4 is 39.4 Å². The first-order valence-corrected chi connectivity index (χ1v) is 6.52. The van der Waals surface area contributed by atoms with Crippen LogP contribution in [0.15, 0.2) is 54.6 Å². The molecule has 0 aliphatic rings. The lowest BCUT2D eigenvalue weighted by Crippen LogP contribution is -1.98. The standard InChI is InChI=1S/C16H12ClFN2/c17-12-8-14(19)16(9-13(12)18)20-15-7-3-5-10-4-1-2-6-11(10)15/h1-9,20H,19H2. The van der Waals surface area contributed by atoms with Crippen molar-refractivity contribution in [3.63, 3.8) is 0 Å². The zero-order chi connectivity index (χ0) is 14.1. The van der Waals surface area contributed by atoms with Crippen LogP contribution in [0.2, 0.25) is 5.02 Å². The highest BCUT2D eigenvalue weighted by molar-refractivity contribution is 6.31. The van der Waals surface area contributed by atoms with Crippen molar-refractivity contribution < 1.29 is 4.39 Å². The van der Waals surface area contributed by atoms with Crippen molar-refractivity contribution in [3.8, 4) is 0 Å². The van der Waals surface area contributed by atoms with Crippen LogP contribution in [0, 0.1) is 5.82 Å². The molecular weight excluding hydrogens is 275 g/mol. The molecule has 0 atom stereocenters. The van der Waals surface area contributed by atoms with E-state index in [9.17, 15) is 4.39 Å². The summed E-state index contributed by atoms with van der Waals surface area (Å²) in [6, 6.07) is 16.5. The van der Waals surface area contributed by atoms with Gasteiger partial charge in [-0.25, -0.2) is 4.39 Å². The van der Waals surface area contributed by atoms with Crippen LogP contribution in [0.3, 0.4) is 0 Å². The quantitative estimate of drug-likeness (QED) is 0.654. The highest BCUT2D eigenvalue weighted by Crippen LogP contribution is 2.31. The highest BCUT2D eigenvalue weighted by atomic mass is 35.5. The Morgan fingerprint density at radius 3 is 2.55 bits per heavy atom. The van der Waals surface area contributed by atoms with Gasteiger partial charge in [0.1, 0.15) is 5.82 Å². The fourth-order valence-corrected chi connectivity index (χ4v) is 2.32. The number of rotatable bonds is 2. The van der Waals surface area contributed by atoms with Crippen molar-refractivity contribution in [3.05, 3.63) is 65.4 Å². The zero-order valence-electron chi connectivity index (χ0n) is 10.5. The third kappa shape index (κ3) is 2.28. The van der Waals surface area contributed by atoms with Crippen LogP contribution in [0.5, 0.6) is 0 Å². The number of fused-ring (bicyclic) bond motifs is 1. The summed E-state index contributed by atoms with van der Waals surface area (Å²) < 4.78 is 13.5. The minimum Gasteiger partial charge on any atom is -0.397 e. The molecule has 0 unspecified atom stereocenters.